The van der Waals surface area contributed by atoms with Gasteiger partial charge in [0.25, 0.3) is 0 Å². The van der Waals surface area contributed by atoms with Crippen molar-refractivity contribution in [3.05, 3.63) is 308 Å². The van der Waals surface area contributed by atoms with E-state index in [0.29, 0.717) is 41.1 Å². The second-order valence-corrected chi connectivity index (χ2v) is 30.7. The number of nitrogens with zero attached hydrogens (tertiary/aromatic N) is 8. The number of cyclic esters (lactones) is 4. The number of ether oxygens (including phenoxy) is 4. The molecule has 4 saturated heterocycles. The summed E-state index contributed by atoms with van der Waals surface area (Å²) in [5, 5.41) is 20.7. The molecule has 16 rings (SSSR count). The molecule has 8 atom stereocenters. The average molecular weight is 1590 g/mol. The zero-order chi connectivity index (χ0) is 82.9. The summed E-state index contributed by atoms with van der Waals surface area (Å²) in [4.78, 5) is 123. The number of benzene rings is 8. The van der Waals surface area contributed by atoms with Crippen LogP contribution in [-0.4, -0.2) is 124 Å². The van der Waals surface area contributed by atoms with Crippen LogP contribution in [-0.2, 0) is 59.1 Å². The molecule has 23 heteroatoms. The third kappa shape index (κ3) is 18.8. The monoisotopic (exact) mass is 1590 g/mol. The zero-order valence-corrected chi connectivity index (χ0v) is 67.6. The smallest absolute Gasteiger partial charge is 0.419 e. The van der Waals surface area contributed by atoms with Crippen LogP contribution in [0.4, 0.5) is 24.0 Å². The molecule has 0 radical (unpaired) electrons. The fourth-order valence-corrected chi connectivity index (χ4v) is 16.4. The standard InChI is InChI=1S/C25H25NO3.C24H22ClNO3.C24H24N2O3.C21H21N5O4/c1-16-13-17(2)15-21(14-16)24-18(3)26(25(28)29-24)23(27)12-11-20-9-6-8-19-7-4-5-10-22(19)20;1-15-12-19(14-20(25)13-15)23-16(2)26(24(28)29-23)22(27)11-10-18-8-5-7-17-6-3-4-9-21(17)18;1-15-10-16(2)12-20(11-15)23-17(3)26(24(28)29-23)22(27)9-8-19-14-25-13-18-6-4-5-7-21(18)19;1-12-6-13(2)25-16(7-12)19-17(11-27)26(21(29)30-19)20(28)24-10-15-9-22-8-14-4-3-5-23-18(14)15/h4-10,13-15,18,24H,11-12H2,1-3H3;3-9,12-14,16,23H,10-11H2,1-2H3;4-7,10-14,17,23H,8-9H2,1-3H3;3-9,17,19,27H,10-11H2,1-2H3,(H,24,28)/t18-,24-;16-,23-;17-,23-;17-,19+/m0000/s1. The summed E-state index contributed by atoms with van der Waals surface area (Å²) in [6.07, 6.45) is 6.24. The molecule has 0 spiro atoms. The first-order valence-corrected chi connectivity index (χ1v) is 39.4. The minimum atomic E-state index is -0.880. The molecule has 0 aliphatic carbocycles. The molecule has 4 aliphatic heterocycles. The molecule has 8 aromatic carbocycles. The Hall–Kier alpha value is -12.8. The lowest BCUT2D eigenvalue weighted by molar-refractivity contribution is -0.130. The Morgan fingerprint density at radius 2 is 0.812 bits per heavy atom. The lowest BCUT2D eigenvalue weighted by atomic mass is 9.98. The van der Waals surface area contributed by atoms with Crippen LogP contribution in [0.1, 0.15) is 148 Å². The van der Waals surface area contributed by atoms with Gasteiger partial charge in [-0.25, -0.2) is 43.6 Å². The number of carbonyl (C=O) groups excluding carboxylic acids is 8. The summed E-state index contributed by atoms with van der Waals surface area (Å²) < 4.78 is 22.1. The number of imide groups is 4. The molecule has 117 heavy (non-hydrogen) atoms. The Morgan fingerprint density at radius 3 is 1.29 bits per heavy atom. The number of nitrogens with one attached hydrogen (secondary N) is 1. The fourth-order valence-electron chi connectivity index (χ4n) is 16.1. The Balaban J connectivity index is 0.000000135. The minimum Gasteiger partial charge on any atom is -0.439 e. The first-order valence-electron chi connectivity index (χ1n) is 39.1. The maximum Gasteiger partial charge on any atom is 0.419 e. The largest absolute Gasteiger partial charge is 0.439 e. The van der Waals surface area contributed by atoms with E-state index in [4.69, 9.17) is 30.5 Å². The Morgan fingerprint density at radius 1 is 0.419 bits per heavy atom. The van der Waals surface area contributed by atoms with Gasteiger partial charge in [0, 0.05) is 83.8 Å². The number of rotatable bonds is 16. The number of aromatic nitrogens is 4. The average Bonchev–Trinajstić information content (AvgIpc) is 1.66. The molecule has 0 saturated carbocycles. The highest BCUT2D eigenvalue weighted by Gasteiger charge is 2.48. The quantitative estimate of drug-likeness (QED) is 0.0851. The van der Waals surface area contributed by atoms with Gasteiger partial charge >= 0.3 is 30.4 Å². The number of aryl methyl sites for hydroxylation is 10. The second-order valence-electron chi connectivity index (χ2n) is 30.3. The van der Waals surface area contributed by atoms with Crippen LogP contribution in [0.25, 0.3) is 43.2 Å². The summed E-state index contributed by atoms with van der Waals surface area (Å²) in [6, 6.07) is 58.9. The molecule has 0 bridgehead atoms. The number of amides is 9. The summed E-state index contributed by atoms with van der Waals surface area (Å²) in [7, 11) is 0. The van der Waals surface area contributed by atoms with E-state index in [0.717, 1.165) is 115 Å². The second kappa shape index (κ2) is 36.4. The normalized spacial score (nSPS) is 18.8. The van der Waals surface area contributed by atoms with E-state index in [1.807, 2.05) is 197 Å². The van der Waals surface area contributed by atoms with Crippen LogP contribution >= 0.6 is 11.6 Å². The molecular formula is C94H92ClN9O13. The van der Waals surface area contributed by atoms with Crippen LogP contribution in [0.15, 0.2) is 219 Å². The van der Waals surface area contributed by atoms with Crippen molar-refractivity contribution in [3.8, 4) is 0 Å². The van der Waals surface area contributed by atoms with Gasteiger partial charge in [0.15, 0.2) is 6.10 Å². The van der Waals surface area contributed by atoms with Gasteiger partial charge < -0.3 is 29.4 Å². The number of aliphatic hydroxyl groups excluding tert-OH is 1. The topological polar surface area (TPSA) is 270 Å². The van der Waals surface area contributed by atoms with Crippen molar-refractivity contribution >= 4 is 103 Å². The lowest BCUT2D eigenvalue weighted by Crippen LogP contribution is -2.47. The van der Waals surface area contributed by atoms with Crippen LogP contribution < -0.4 is 5.32 Å². The van der Waals surface area contributed by atoms with Crippen molar-refractivity contribution in [3.63, 3.8) is 0 Å². The zero-order valence-electron chi connectivity index (χ0n) is 66.9. The van der Waals surface area contributed by atoms with Gasteiger partial charge in [-0.1, -0.05) is 186 Å². The van der Waals surface area contributed by atoms with E-state index >= 15 is 0 Å². The van der Waals surface area contributed by atoms with Crippen LogP contribution in [0.3, 0.4) is 0 Å². The highest BCUT2D eigenvalue weighted by Crippen LogP contribution is 2.39. The molecule has 9 amide bonds. The van der Waals surface area contributed by atoms with Crippen molar-refractivity contribution in [2.24, 2.45) is 0 Å². The molecule has 2 N–H and O–H groups in total. The Kier molecular flexibility index (Phi) is 25.5. The van der Waals surface area contributed by atoms with Crippen molar-refractivity contribution in [2.75, 3.05) is 6.61 Å². The van der Waals surface area contributed by atoms with E-state index in [9.17, 15) is 43.5 Å². The minimum absolute atomic E-state index is 0.120. The van der Waals surface area contributed by atoms with E-state index in [2.05, 4.69) is 73.8 Å². The number of hydrogen-bond acceptors (Lipinski definition) is 17. The first kappa shape index (κ1) is 82.2. The van der Waals surface area contributed by atoms with Gasteiger partial charge in [-0.05, 0) is 196 Å². The fraction of sp³-hybridized carbons (Fsp3) is 0.277. The summed E-state index contributed by atoms with van der Waals surface area (Å²) in [5.74, 6) is -0.638. The molecule has 4 aliphatic rings. The summed E-state index contributed by atoms with van der Waals surface area (Å²) in [5.41, 5.74) is 14.9. The third-order valence-corrected chi connectivity index (χ3v) is 21.6. The van der Waals surface area contributed by atoms with Crippen molar-refractivity contribution in [1.82, 2.24) is 44.9 Å². The van der Waals surface area contributed by atoms with Gasteiger partial charge in [0.2, 0.25) is 17.7 Å². The van der Waals surface area contributed by atoms with Gasteiger partial charge in [-0.2, -0.15) is 0 Å². The summed E-state index contributed by atoms with van der Waals surface area (Å²) in [6.45, 7) is 19.0. The molecule has 4 aromatic heterocycles. The van der Waals surface area contributed by atoms with Crippen molar-refractivity contribution < 1.29 is 62.4 Å². The first-order chi connectivity index (χ1) is 56.3. The predicted molar refractivity (Wildman–Crippen MR) is 447 cm³/mol. The summed E-state index contributed by atoms with van der Waals surface area (Å²) >= 11 is 6.16. The SMILES string of the molecule is Cc1cc(C)cc([C@H]2OC(=O)N(C(=O)CCc3cccc4ccccc34)[C@H]2C)c1.Cc1cc(C)cc([C@H]2OC(=O)N(C(=O)CCc3cncc4ccccc34)[C@H]2C)c1.Cc1cc(C)nc([C@H]2OC(=O)N(C(=O)NCc3cncc4cccnc34)[C@H]2CO)c1.Cc1cc(Cl)cc([C@H]2OC(=O)N(C(=O)CCc3cccc4ccccc34)[C@H]2C)c1. The molecule has 0 unspecified atom stereocenters. The van der Waals surface area contributed by atoms with E-state index in [-0.39, 0.29) is 61.7 Å². The van der Waals surface area contributed by atoms with Gasteiger partial charge in [0.05, 0.1) is 35.9 Å². The predicted octanol–water partition coefficient (Wildman–Crippen LogP) is 18.6. The lowest BCUT2D eigenvalue weighted by Gasteiger charge is -2.21. The number of urea groups is 1. The van der Waals surface area contributed by atoms with Crippen molar-refractivity contribution in [2.45, 2.75) is 163 Å². The number of pyridine rings is 4. The van der Waals surface area contributed by atoms with Gasteiger partial charge in [-0.15, -0.1) is 0 Å². The molecule has 4 fully saturated rings. The van der Waals surface area contributed by atoms with Gasteiger partial charge in [-0.3, -0.25) is 34.3 Å². The molecule has 12 aromatic rings. The Labute approximate surface area is 683 Å². The maximum absolute atomic E-state index is 12.9. The van der Waals surface area contributed by atoms with E-state index < -0.39 is 67.5 Å². The van der Waals surface area contributed by atoms with Crippen molar-refractivity contribution in [1.29, 1.82) is 0 Å². The highest BCUT2D eigenvalue weighted by atomic mass is 35.5. The number of carbonyl (C=O) groups is 8. The number of hydrogen-bond donors (Lipinski definition) is 2. The number of halogens is 1. The van der Waals surface area contributed by atoms with E-state index in [1.54, 1.807) is 43.0 Å². The molecular weight excluding hydrogens is 1500 g/mol. The van der Waals surface area contributed by atoms with E-state index in [1.165, 1.54) is 14.7 Å². The molecule has 598 valence electrons. The highest BCUT2D eigenvalue weighted by molar-refractivity contribution is 6.30. The van der Waals surface area contributed by atoms with Crippen LogP contribution in [0.2, 0.25) is 5.02 Å². The van der Waals surface area contributed by atoms with Gasteiger partial charge in [0.1, 0.15) is 24.4 Å². The molecule has 8 heterocycles. The Bertz CT molecular complexity index is 5280. The maximum atomic E-state index is 12.9. The number of fused-ring (bicyclic) bond motifs is 4. The molecule has 22 nitrogen and oxygen atoms in total. The van der Waals surface area contributed by atoms with Crippen LogP contribution in [0.5, 0.6) is 0 Å². The van der Waals surface area contributed by atoms with Crippen LogP contribution in [0, 0.1) is 48.5 Å². The third-order valence-electron chi connectivity index (χ3n) is 21.4. The number of aliphatic hydroxyl groups is 1.